The van der Waals surface area contributed by atoms with Crippen molar-refractivity contribution in [3.63, 3.8) is 0 Å². The van der Waals surface area contributed by atoms with Crippen LogP contribution in [0.5, 0.6) is 0 Å². The number of hydrogen-bond donors (Lipinski definition) is 9. The number of nitrogens with one attached hydrogen (secondary N) is 7. The number of para-hydroxylation sites is 1. The number of carbonyl (C=O) groups is 9. The molecule has 4 aromatic rings. The molecular weight excluding hydrogens is 1170 g/mol. The van der Waals surface area contributed by atoms with Crippen molar-refractivity contribution >= 4 is 87.5 Å². The normalized spacial score (nSPS) is 15.1. The smallest absolute Gasteiger partial charge is 0.411 e. The van der Waals surface area contributed by atoms with Crippen LogP contribution in [0.3, 0.4) is 0 Å². The molecule has 0 radical (unpaired) electrons. The Balaban J connectivity index is 1.21. The van der Waals surface area contributed by atoms with Gasteiger partial charge in [0, 0.05) is 78.5 Å². The highest BCUT2D eigenvalue weighted by Crippen LogP contribution is 2.37. The first-order chi connectivity index (χ1) is 43.2. The van der Waals surface area contributed by atoms with Gasteiger partial charge in [-0.1, -0.05) is 136 Å². The van der Waals surface area contributed by atoms with Gasteiger partial charge in [-0.3, -0.25) is 34.1 Å². The number of nitrogens with zero attached hydrogens (tertiary/aromatic N) is 3. The Hall–Kier alpha value is -9.31. The first kappa shape index (κ1) is 73.4. The van der Waals surface area contributed by atoms with Crippen molar-refractivity contribution in [3.8, 4) is 0 Å². The van der Waals surface area contributed by atoms with Gasteiger partial charge in [-0.05, 0) is 116 Å². The van der Waals surface area contributed by atoms with E-state index in [0.29, 0.717) is 23.5 Å². The molecule has 10 N–H and O–H groups in total. The fourth-order valence-corrected chi connectivity index (χ4v) is 11.1. The third kappa shape index (κ3) is 19.6. The van der Waals surface area contributed by atoms with E-state index in [1.54, 1.807) is 76.2 Å². The van der Waals surface area contributed by atoms with Gasteiger partial charge in [-0.2, -0.15) is 0 Å². The number of carboxylic acid groups (broad SMARTS) is 1. The summed E-state index contributed by atoms with van der Waals surface area (Å²) in [5.74, 6) is -4.49. The molecule has 1 aromatic heterocycles. The molecule has 2 heterocycles. The number of carbonyl (C=O) groups excluding carboxylic acids is 8. The summed E-state index contributed by atoms with van der Waals surface area (Å²) in [6, 6.07) is 15.4. The van der Waals surface area contributed by atoms with Crippen LogP contribution in [0.15, 0.2) is 121 Å². The number of anilines is 2. The van der Waals surface area contributed by atoms with E-state index in [4.69, 9.17) is 10.5 Å². The average molecular weight is 1270 g/mol. The van der Waals surface area contributed by atoms with Crippen LogP contribution in [0, 0.1) is 17.3 Å². The fraction of sp³-hybridized carbons (Fsp3) is 0.443. The number of carboxylic acids is 1. The van der Waals surface area contributed by atoms with Gasteiger partial charge in [-0.25, -0.2) is 14.4 Å². The Kier molecular flexibility index (Phi) is 26.0. The molecule has 9 amide bonds. The van der Waals surface area contributed by atoms with Gasteiger partial charge in [0.05, 0.1) is 24.3 Å². The lowest BCUT2D eigenvalue weighted by Gasteiger charge is -2.39. The zero-order chi connectivity index (χ0) is 68.5. The van der Waals surface area contributed by atoms with Crippen molar-refractivity contribution < 1.29 is 53.0 Å². The van der Waals surface area contributed by atoms with Gasteiger partial charge < -0.3 is 61.8 Å². The predicted octanol–water partition coefficient (Wildman–Crippen LogP) is 8.73. The Morgan fingerprint density at radius 3 is 2.15 bits per heavy atom. The number of urea groups is 1. The molecule has 1 aliphatic heterocycles. The second kappa shape index (κ2) is 32.6. The molecule has 0 bridgehead atoms. The minimum absolute atomic E-state index is 0.0676. The molecule has 5 atom stereocenters. The molecule has 0 fully saturated rings. The van der Waals surface area contributed by atoms with Gasteiger partial charge >= 0.3 is 18.1 Å². The first-order valence-electron chi connectivity index (χ1n) is 31.0. The van der Waals surface area contributed by atoms with Gasteiger partial charge in [0.1, 0.15) is 24.7 Å². The number of benzene rings is 3. The largest absolute Gasteiger partial charge is 0.478 e. The maximum absolute atomic E-state index is 14.5. The number of rotatable bonds is 28. The molecule has 1 unspecified atom stereocenters. The molecule has 1 aliphatic rings. The van der Waals surface area contributed by atoms with Crippen LogP contribution in [-0.4, -0.2) is 126 Å². The van der Waals surface area contributed by atoms with Crippen molar-refractivity contribution in [1.29, 1.82) is 0 Å². The quantitative estimate of drug-likeness (QED) is 0.0147. The molecular formula is C70H95N11O11. The summed E-state index contributed by atoms with van der Waals surface area (Å²) in [6.07, 6.45) is 9.46. The van der Waals surface area contributed by atoms with Crippen LogP contribution in [0.4, 0.5) is 21.0 Å². The lowest BCUT2D eigenvalue weighted by molar-refractivity contribution is -0.141. The Morgan fingerprint density at radius 2 is 1.52 bits per heavy atom. The molecule has 92 heavy (non-hydrogen) atoms. The molecule has 22 heteroatoms. The van der Waals surface area contributed by atoms with Crippen LogP contribution in [0.2, 0.25) is 0 Å². The van der Waals surface area contributed by atoms with E-state index < -0.39 is 88.7 Å². The van der Waals surface area contributed by atoms with Crippen LogP contribution >= 0.6 is 0 Å². The molecule has 0 saturated heterocycles. The molecule has 22 nitrogen and oxygen atoms in total. The topological polar surface area (TPSA) is 305 Å². The average Bonchev–Trinajstić information content (AvgIpc) is 1.56. The second-order valence-electron chi connectivity index (χ2n) is 25.7. The third-order valence-electron chi connectivity index (χ3n) is 16.4. The highest BCUT2D eigenvalue weighted by molar-refractivity contribution is 6.01. The lowest BCUT2D eigenvalue weighted by Crippen LogP contribution is -2.61. The van der Waals surface area contributed by atoms with Crippen LogP contribution in [-0.2, 0) is 57.3 Å². The van der Waals surface area contributed by atoms with Gasteiger partial charge in [0.15, 0.2) is 0 Å². The number of amides is 9. The number of fused-ring (bicyclic) bond motifs is 3. The second-order valence-corrected chi connectivity index (χ2v) is 25.7. The summed E-state index contributed by atoms with van der Waals surface area (Å²) in [4.78, 5) is 124. The number of likely N-dealkylation sites (N-methyl/N-ethyl adjacent to an activating group) is 2. The zero-order valence-corrected chi connectivity index (χ0v) is 56.0. The number of nitrogens with two attached hydrogens (primary N) is 1. The van der Waals surface area contributed by atoms with Crippen molar-refractivity contribution in [2.75, 3.05) is 37.5 Å². The van der Waals surface area contributed by atoms with Crippen LogP contribution in [0.1, 0.15) is 131 Å². The predicted molar refractivity (Wildman–Crippen MR) is 360 cm³/mol. The summed E-state index contributed by atoms with van der Waals surface area (Å²) in [5.41, 5.74) is 10.9. The van der Waals surface area contributed by atoms with Crippen LogP contribution < -0.4 is 47.9 Å². The number of hydrogen-bond acceptors (Lipinski definition) is 11. The summed E-state index contributed by atoms with van der Waals surface area (Å²) in [5, 5.41) is 30.2. The van der Waals surface area contributed by atoms with E-state index in [9.17, 15) is 48.3 Å². The summed E-state index contributed by atoms with van der Waals surface area (Å²) in [6.45, 7) is 26.0. The van der Waals surface area contributed by atoms with E-state index in [1.165, 1.54) is 11.8 Å². The monoisotopic (exact) mass is 1270 g/mol. The first-order valence-corrected chi connectivity index (χ1v) is 31.0. The molecule has 3 aromatic carbocycles. The van der Waals surface area contributed by atoms with Gasteiger partial charge in [0.25, 0.3) is 0 Å². The summed E-state index contributed by atoms with van der Waals surface area (Å²) < 4.78 is 7.47. The van der Waals surface area contributed by atoms with Gasteiger partial charge in [-0.15, -0.1) is 0 Å². The molecule has 0 saturated carbocycles. The van der Waals surface area contributed by atoms with Gasteiger partial charge in [0.2, 0.25) is 35.4 Å². The maximum Gasteiger partial charge on any atom is 0.411 e. The van der Waals surface area contributed by atoms with E-state index in [0.717, 1.165) is 44.4 Å². The molecule has 496 valence electrons. The Morgan fingerprint density at radius 1 is 0.848 bits per heavy atom. The van der Waals surface area contributed by atoms with E-state index >= 15 is 0 Å². The minimum atomic E-state index is -1.15. The zero-order valence-electron chi connectivity index (χ0n) is 56.0. The minimum Gasteiger partial charge on any atom is -0.478 e. The van der Waals surface area contributed by atoms with E-state index in [2.05, 4.69) is 49.9 Å². The Labute approximate surface area is 541 Å². The summed E-state index contributed by atoms with van der Waals surface area (Å²) >= 11 is 0. The van der Waals surface area contributed by atoms with E-state index in [-0.39, 0.29) is 62.1 Å². The SMILES string of the molecule is C=C(/C=C\C(=C/C)NC(=O)[C@H](CCCNC(N)=O)NC(=O)[C@@H](NC(=O)CCC(=O)N1Cc2ccccc2/C=C(/C)c2ccccc21)C(C)C)COC(=O)Nc1ccc2c(c1)c(C(C)(C)C(NC)C(=O)N[C@H](C(=O)N(C)[C@H](/C=C(\C)C(=O)O)C(C)C)C(C)(C)C)cn2C. The third-order valence-corrected chi connectivity index (χ3v) is 16.4. The Bertz CT molecular complexity index is 3530. The van der Waals surface area contributed by atoms with Crippen molar-refractivity contribution in [1.82, 2.24) is 41.4 Å². The number of primary amides is 1. The van der Waals surface area contributed by atoms with Crippen molar-refractivity contribution in [3.05, 3.63) is 143 Å². The number of aliphatic carboxylic acids is 1. The van der Waals surface area contributed by atoms with Crippen molar-refractivity contribution in [2.24, 2.45) is 30.0 Å². The standard InChI is InChI=1S/C70H95N11O11/c1-17-48(74-62(84)53(26-22-34-73-67(71)90)76-63(85)59(42(4)5)77-57(82)32-33-58(83)81-38-47-24-19-18-23-46(47)35-44(7)50-25-20-21-27-55(50)81)29-28-43(6)40-92-68(91)75-49-30-31-54-51(37-49)52(39-79(54)15)70(12,13)60(72-14)64(86)78-61(69(9,10)11)65(87)80(16)56(41(2)3)36-45(8)66(88)89/h17-21,23-25,27-31,35-37,39,41-42,53,56,59-61,72H,6,22,26,32-34,38,40H2,1-5,7-16H3,(H,74,84)(H,75,91)(H,76,85)(H,77,82)(H,78,86)(H,88,89)(H3,71,73,90)/b29-28-,44-35-,45-36+,48-17+/t53-,56+,59-,60?,61+/m0/s1. The molecule has 0 spiro atoms. The number of allylic oxidation sites excluding steroid dienone is 3. The highest BCUT2D eigenvalue weighted by Gasteiger charge is 2.43. The lowest BCUT2D eigenvalue weighted by atomic mass is 9.76. The maximum atomic E-state index is 14.5. The fourth-order valence-electron chi connectivity index (χ4n) is 11.1. The van der Waals surface area contributed by atoms with E-state index in [1.807, 2.05) is 128 Å². The van der Waals surface area contributed by atoms with Crippen molar-refractivity contribution in [2.45, 2.75) is 151 Å². The molecule has 0 aliphatic carbocycles. The number of aromatic nitrogens is 1. The molecule has 5 rings (SSSR count). The number of aryl methyl sites for hydroxylation is 1. The number of ether oxygens (including phenoxy) is 1. The summed E-state index contributed by atoms with van der Waals surface area (Å²) in [7, 11) is 5.15. The highest BCUT2D eigenvalue weighted by atomic mass is 16.5. The van der Waals surface area contributed by atoms with Crippen LogP contribution in [0.25, 0.3) is 22.6 Å².